The van der Waals surface area contributed by atoms with E-state index in [1.807, 2.05) is 0 Å². The fourth-order valence-corrected chi connectivity index (χ4v) is 4.77. The molecule has 0 saturated carbocycles. The van der Waals surface area contributed by atoms with Crippen molar-refractivity contribution in [3.8, 4) is 0 Å². The van der Waals surface area contributed by atoms with Crippen molar-refractivity contribution in [2.24, 2.45) is 5.92 Å². The molecule has 2 aliphatic heterocycles. The van der Waals surface area contributed by atoms with Crippen molar-refractivity contribution in [2.75, 3.05) is 19.7 Å². The van der Waals surface area contributed by atoms with Crippen LogP contribution in [0, 0.1) is 5.92 Å². The molecule has 1 saturated heterocycles. The number of ether oxygens (including phenoxy) is 1. The first-order valence-corrected chi connectivity index (χ1v) is 11.7. The van der Waals surface area contributed by atoms with E-state index in [2.05, 4.69) is 4.98 Å². The van der Waals surface area contributed by atoms with Crippen LogP contribution < -0.4 is 0 Å². The van der Waals surface area contributed by atoms with Crippen LogP contribution in [0.15, 0.2) is 24.4 Å². The molecule has 196 valence electrons. The highest BCUT2D eigenvalue weighted by atomic mass is 19.4. The molecule has 0 bridgehead atoms. The third kappa shape index (κ3) is 5.52. The molecule has 1 aromatic carbocycles. The number of halogens is 6. The van der Waals surface area contributed by atoms with Crippen LogP contribution in [0.5, 0.6) is 0 Å². The third-order valence-corrected chi connectivity index (χ3v) is 6.70. The Balaban J connectivity index is 1.49. The summed E-state index contributed by atoms with van der Waals surface area (Å²) in [6.07, 6.45) is -6.78. The maximum Gasteiger partial charge on any atom is 0.416 e. The quantitative estimate of drug-likeness (QED) is 0.420. The summed E-state index contributed by atoms with van der Waals surface area (Å²) in [5, 5.41) is 0. The van der Waals surface area contributed by atoms with Crippen molar-refractivity contribution in [2.45, 2.75) is 57.4 Å². The maximum absolute atomic E-state index is 13.3. The zero-order valence-corrected chi connectivity index (χ0v) is 19.5. The number of hydrogen-bond acceptors (Lipinski definition) is 4. The van der Waals surface area contributed by atoms with E-state index >= 15 is 0 Å². The lowest BCUT2D eigenvalue weighted by atomic mass is 9.89. The summed E-state index contributed by atoms with van der Waals surface area (Å²) in [5.74, 6) is -0.915. The molecule has 2 aromatic rings. The number of rotatable bonds is 4. The smallest absolute Gasteiger partial charge is 0.416 e. The molecular formula is C24H25F6N3O3. The van der Waals surface area contributed by atoms with Gasteiger partial charge in [-0.2, -0.15) is 26.3 Å². The lowest BCUT2D eigenvalue weighted by molar-refractivity contribution is -0.149. The van der Waals surface area contributed by atoms with Gasteiger partial charge in [-0.05, 0) is 49.9 Å². The van der Waals surface area contributed by atoms with Crippen LogP contribution in [0.25, 0.3) is 0 Å². The van der Waals surface area contributed by atoms with E-state index in [0.717, 1.165) is 12.1 Å². The molecule has 0 N–H and O–H groups in total. The highest BCUT2D eigenvalue weighted by Crippen LogP contribution is 2.39. The van der Waals surface area contributed by atoms with Crippen LogP contribution >= 0.6 is 0 Å². The number of carbonyl (C=O) groups is 2. The van der Waals surface area contributed by atoms with Gasteiger partial charge in [0.1, 0.15) is 11.5 Å². The van der Waals surface area contributed by atoms with Crippen molar-refractivity contribution >= 4 is 11.9 Å². The molecule has 2 aliphatic rings. The molecule has 1 unspecified atom stereocenters. The fourth-order valence-electron chi connectivity index (χ4n) is 4.77. The number of benzene rings is 1. The molecule has 1 fully saturated rings. The van der Waals surface area contributed by atoms with Gasteiger partial charge in [0, 0.05) is 38.2 Å². The van der Waals surface area contributed by atoms with E-state index in [9.17, 15) is 35.9 Å². The minimum Gasteiger partial charge on any atom is -0.466 e. The highest BCUT2D eigenvalue weighted by Gasteiger charge is 2.38. The lowest BCUT2D eigenvalue weighted by Gasteiger charge is -2.30. The van der Waals surface area contributed by atoms with Crippen molar-refractivity contribution in [1.82, 2.24) is 14.5 Å². The minimum absolute atomic E-state index is 0.0505. The van der Waals surface area contributed by atoms with Gasteiger partial charge < -0.3 is 14.2 Å². The van der Waals surface area contributed by atoms with Gasteiger partial charge in [-0.3, -0.25) is 9.59 Å². The number of imidazole rings is 1. The molecule has 12 heteroatoms. The Bertz CT molecular complexity index is 1100. The fraction of sp³-hybridized carbons (Fsp3) is 0.542. The molecule has 4 rings (SSSR count). The topological polar surface area (TPSA) is 64.4 Å². The summed E-state index contributed by atoms with van der Waals surface area (Å²) in [7, 11) is 0. The Morgan fingerprint density at radius 3 is 2.17 bits per heavy atom. The zero-order chi connectivity index (χ0) is 26.3. The summed E-state index contributed by atoms with van der Waals surface area (Å²) >= 11 is 0. The number of fused-ring (bicyclic) bond motifs is 1. The average molecular weight is 517 g/mol. The van der Waals surface area contributed by atoms with E-state index < -0.39 is 29.4 Å². The standard InChI is InChI=1S/C24H25F6N3O3/c1-2-36-22(35)14-5-7-32(8-6-14)21(34)19-13-33-12-15(3-4-20(33)31-19)16-9-17(23(25,26)27)11-18(10-16)24(28,29)30/h9-11,13-15H,2-8,12H2,1H3. The average Bonchev–Trinajstić information content (AvgIpc) is 3.26. The van der Waals surface area contributed by atoms with Crippen LogP contribution in [0.1, 0.15) is 65.1 Å². The van der Waals surface area contributed by atoms with Gasteiger partial charge >= 0.3 is 18.3 Å². The number of esters is 1. The molecule has 6 nitrogen and oxygen atoms in total. The van der Waals surface area contributed by atoms with Crippen molar-refractivity contribution in [3.05, 3.63) is 52.6 Å². The van der Waals surface area contributed by atoms with Gasteiger partial charge in [0.2, 0.25) is 0 Å². The Kier molecular flexibility index (Phi) is 7.07. The van der Waals surface area contributed by atoms with Gasteiger partial charge in [-0.25, -0.2) is 4.98 Å². The van der Waals surface area contributed by atoms with Gasteiger partial charge in [0.05, 0.1) is 23.7 Å². The van der Waals surface area contributed by atoms with Crippen LogP contribution in [-0.4, -0.2) is 46.0 Å². The minimum atomic E-state index is -4.91. The molecule has 3 heterocycles. The Labute approximate surface area is 203 Å². The molecular weight excluding hydrogens is 492 g/mol. The van der Waals surface area contributed by atoms with Gasteiger partial charge in [0.15, 0.2) is 0 Å². The van der Waals surface area contributed by atoms with Gasteiger partial charge in [-0.1, -0.05) is 0 Å². The predicted molar refractivity (Wildman–Crippen MR) is 115 cm³/mol. The van der Waals surface area contributed by atoms with E-state index in [-0.39, 0.29) is 48.3 Å². The van der Waals surface area contributed by atoms with Crippen LogP contribution in [0.2, 0.25) is 0 Å². The summed E-state index contributed by atoms with van der Waals surface area (Å²) in [6.45, 7) is 2.84. The molecule has 0 spiro atoms. The lowest BCUT2D eigenvalue weighted by Crippen LogP contribution is -2.40. The molecule has 0 radical (unpaired) electrons. The maximum atomic E-state index is 13.3. The number of alkyl halides is 6. The van der Waals surface area contributed by atoms with Crippen LogP contribution in [-0.2, 0) is 34.8 Å². The molecule has 1 aromatic heterocycles. The van der Waals surface area contributed by atoms with Crippen LogP contribution in [0.4, 0.5) is 26.3 Å². The largest absolute Gasteiger partial charge is 0.466 e. The SMILES string of the molecule is CCOC(=O)C1CCN(C(=O)c2cn3c(n2)CCC(c2cc(C(F)(F)F)cc(C(F)(F)F)c2)C3)CC1. The van der Waals surface area contributed by atoms with Crippen LogP contribution in [0.3, 0.4) is 0 Å². The zero-order valence-electron chi connectivity index (χ0n) is 19.5. The Morgan fingerprint density at radius 2 is 1.61 bits per heavy atom. The second kappa shape index (κ2) is 9.78. The summed E-state index contributed by atoms with van der Waals surface area (Å²) < 4.78 is 86.3. The van der Waals surface area contributed by atoms with Crippen molar-refractivity contribution < 1.29 is 40.7 Å². The second-order valence-corrected chi connectivity index (χ2v) is 9.09. The second-order valence-electron chi connectivity index (χ2n) is 9.09. The van der Waals surface area contributed by atoms with Crippen molar-refractivity contribution in [3.63, 3.8) is 0 Å². The number of likely N-dealkylation sites (tertiary alicyclic amines) is 1. The monoisotopic (exact) mass is 517 g/mol. The first kappa shape index (κ1) is 26.0. The summed E-state index contributed by atoms with van der Waals surface area (Å²) in [6, 6.07) is 1.65. The molecule has 1 atom stereocenters. The number of amides is 1. The van der Waals surface area contributed by atoms with Gasteiger partial charge in [-0.15, -0.1) is 0 Å². The van der Waals surface area contributed by atoms with E-state index in [4.69, 9.17) is 4.74 Å². The first-order valence-electron chi connectivity index (χ1n) is 11.7. The highest BCUT2D eigenvalue weighted by molar-refractivity contribution is 5.92. The summed E-state index contributed by atoms with van der Waals surface area (Å²) in [4.78, 5) is 30.8. The summed E-state index contributed by atoms with van der Waals surface area (Å²) in [5.41, 5.74) is -2.57. The number of hydrogen-bond donors (Lipinski definition) is 0. The first-order chi connectivity index (χ1) is 16.9. The number of piperidine rings is 1. The van der Waals surface area contributed by atoms with Gasteiger partial charge in [0.25, 0.3) is 5.91 Å². The van der Waals surface area contributed by atoms with Crippen molar-refractivity contribution in [1.29, 1.82) is 0 Å². The van der Waals surface area contributed by atoms with E-state index in [1.165, 1.54) is 6.20 Å². The number of aromatic nitrogens is 2. The number of aryl methyl sites for hydroxylation is 1. The Morgan fingerprint density at radius 1 is 1.00 bits per heavy atom. The number of carbonyl (C=O) groups excluding carboxylic acids is 2. The number of nitrogens with zero attached hydrogens (tertiary/aromatic N) is 3. The van der Waals surface area contributed by atoms with E-state index in [0.29, 0.717) is 44.6 Å². The normalized spacial score (nSPS) is 19.2. The molecule has 36 heavy (non-hydrogen) atoms. The van der Waals surface area contributed by atoms with E-state index in [1.54, 1.807) is 16.4 Å². The molecule has 1 amide bonds. The third-order valence-electron chi connectivity index (χ3n) is 6.70. The molecule has 0 aliphatic carbocycles. The predicted octanol–water partition coefficient (Wildman–Crippen LogP) is 5.07. The Hall–Kier alpha value is -3.05.